The fraction of sp³-hybridized carbons (Fsp3) is 0.0526. The average Bonchev–Trinajstić information content (AvgIpc) is 2.85. The summed E-state index contributed by atoms with van der Waals surface area (Å²) in [7, 11) is 0. The highest BCUT2D eigenvalue weighted by Crippen LogP contribution is 2.38. The Bertz CT molecular complexity index is 785. The molecule has 1 heteroatoms. The van der Waals surface area contributed by atoms with Gasteiger partial charge < -0.3 is 0 Å². The number of fused-ring (bicyclic) bond motifs is 3. The molecule has 1 aliphatic carbocycles. The minimum absolute atomic E-state index is 0.192. The summed E-state index contributed by atoms with van der Waals surface area (Å²) in [6.07, 6.45) is 0.987. The summed E-state index contributed by atoms with van der Waals surface area (Å²) in [5.74, 6) is -0.192. The molecular weight excluding hydrogens is 247 g/mol. The van der Waals surface area contributed by atoms with E-state index in [0.29, 0.717) is 0 Å². The van der Waals surface area contributed by atoms with Crippen molar-refractivity contribution < 1.29 is 4.39 Å². The Morgan fingerprint density at radius 2 is 1.35 bits per heavy atom. The minimum atomic E-state index is -0.192. The molecule has 0 fully saturated rings. The standard InChI is InChI=1S/C19H13F/c20-17-8-5-13(6-9-17)14-7-10-19-16(11-14)12-15-3-1-2-4-18(15)19/h1-11H,12H2. The summed E-state index contributed by atoms with van der Waals surface area (Å²) < 4.78 is 13.0. The first kappa shape index (κ1) is 11.4. The van der Waals surface area contributed by atoms with Crippen molar-refractivity contribution in [1.82, 2.24) is 0 Å². The van der Waals surface area contributed by atoms with Crippen molar-refractivity contribution >= 4 is 0 Å². The summed E-state index contributed by atoms with van der Waals surface area (Å²) in [5.41, 5.74) is 7.62. The van der Waals surface area contributed by atoms with E-state index in [9.17, 15) is 4.39 Å². The van der Waals surface area contributed by atoms with Crippen molar-refractivity contribution in [3.63, 3.8) is 0 Å². The van der Waals surface area contributed by atoms with Gasteiger partial charge in [-0.05, 0) is 51.9 Å². The molecule has 0 bridgehead atoms. The Balaban J connectivity index is 1.80. The van der Waals surface area contributed by atoms with E-state index in [0.717, 1.165) is 17.5 Å². The van der Waals surface area contributed by atoms with Crippen LogP contribution in [0.25, 0.3) is 22.3 Å². The Hall–Kier alpha value is -2.41. The molecule has 0 amide bonds. The van der Waals surface area contributed by atoms with E-state index in [-0.39, 0.29) is 5.82 Å². The first-order valence-electron chi connectivity index (χ1n) is 6.78. The average molecular weight is 260 g/mol. The Morgan fingerprint density at radius 1 is 0.650 bits per heavy atom. The Labute approximate surface area is 117 Å². The summed E-state index contributed by atoms with van der Waals surface area (Å²) in [4.78, 5) is 0. The fourth-order valence-corrected chi connectivity index (χ4v) is 2.97. The third-order valence-corrected chi connectivity index (χ3v) is 3.97. The van der Waals surface area contributed by atoms with Gasteiger partial charge in [-0.25, -0.2) is 4.39 Å². The number of hydrogen-bond donors (Lipinski definition) is 0. The van der Waals surface area contributed by atoms with Crippen molar-refractivity contribution in [2.75, 3.05) is 0 Å². The second kappa shape index (κ2) is 4.31. The van der Waals surface area contributed by atoms with Crippen LogP contribution in [-0.2, 0) is 6.42 Å². The van der Waals surface area contributed by atoms with E-state index in [4.69, 9.17) is 0 Å². The Kier molecular flexibility index (Phi) is 2.46. The van der Waals surface area contributed by atoms with E-state index in [1.807, 2.05) is 12.1 Å². The maximum absolute atomic E-state index is 13.0. The summed E-state index contributed by atoms with van der Waals surface area (Å²) >= 11 is 0. The molecule has 0 heterocycles. The van der Waals surface area contributed by atoms with E-state index < -0.39 is 0 Å². The molecule has 0 N–H and O–H groups in total. The number of benzene rings is 3. The van der Waals surface area contributed by atoms with E-state index in [1.165, 1.54) is 34.4 Å². The first-order valence-corrected chi connectivity index (χ1v) is 6.78. The van der Waals surface area contributed by atoms with Crippen LogP contribution in [0.2, 0.25) is 0 Å². The van der Waals surface area contributed by atoms with Gasteiger partial charge in [-0.3, -0.25) is 0 Å². The Morgan fingerprint density at radius 3 is 2.20 bits per heavy atom. The smallest absolute Gasteiger partial charge is 0.123 e. The highest BCUT2D eigenvalue weighted by molar-refractivity contribution is 5.80. The van der Waals surface area contributed by atoms with Gasteiger partial charge in [0.1, 0.15) is 5.82 Å². The normalized spacial score (nSPS) is 12.1. The van der Waals surface area contributed by atoms with Crippen LogP contribution < -0.4 is 0 Å². The molecule has 0 aromatic heterocycles. The van der Waals surface area contributed by atoms with Gasteiger partial charge >= 0.3 is 0 Å². The van der Waals surface area contributed by atoms with Gasteiger partial charge in [-0.2, -0.15) is 0 Å². The lowest BCUT2D eigenvalue weighted by Gasteiger charge is -2.05. The van der Waals surface area contributed by atoms with Crippen molar-refractivity contribution in [3.8, 4) is 22.3 Å². The molecule has 3 aromatic rings. The molecule has 0 spiro atoms. The van der Waals surface area contributed by atoms with Crippen molar-refractivity contribution in [2.24, 2.45) is 0 Å². The quantitative estimate of drug-likeness (QED) is 0.448. The lowest BCUT2D eigenvalue weighted by atomic mass is 9.99. The number of rotatable bonds is 1. The zero-order valence-electron chi connectivity index (χ0n) is 10.9. The zero-order valence-corrected chi connectivity index (χ0v) is 10.9. The first-order chi connectivity index (χ1) is 9.81. The van der Waals surface area contributed by atoms with Crippen molar-refractivity contribution in [2.45, 2.75) is 6.42 Å². The molecule has 4 rings (SSSR count). The monoisotopic (exact) mass is 260 g/mol. The summed E-state index contributed by atoms with van der Waals surface area (Å²) in [6, 6.07) is 21.8. The lowest BCUT2D eigenvalue weighted by molar-refractivity contribution is 0.628. The molecule has 3 aromatic carbocycles. The van der Waals surface area contributed by atoms with Crippen LogP contribution in [0.3, 0.4) is 0 Å². The molecule has 0 radical (unpaired) electrons. The van der Waals surface area contributed by atoms with Crippen molar-refractivity contribution in [1.29, 1.82) is 0 Å². The summed E-state index contributed by atoms with van der Waals surface area (Å²) in [5, 5.41) is 0. The van der Waals surface area contributed by atoms with Gasteiger partial charge in [0.25, 0.3) is 0 Å². The SMILES string of the molecule is Fc1ccc(-c2ccc3c(c2)Cc2ccccc2-3)cc1. The molecular formula is C19H13F. The molecule has 0 atom stereocenters. The molecule has 0 aliphatic heterocycles. The highest BCUT2D eigenvalue weighted by Gasteiger charge is 2.17. The molecule has 20 heavy (non-hydrogen) atoms. The van der Waals surface area contributed by atoms with Crippen LogP contribution >= 0.6 is 0 Å². The molecule has 0 nitrogen and oxygen atoms in total. The van der Waals surface area contributed by atoms with E-state index >= 15 is 0 Å². The molecule has 0 unspecified atom stereocenters. The maximum atomic E-state index is 13.0. The lowest BCUT2D eigenvalue weighted by Crippen LogP contribution is -1.84. The second-order valence-electron chi connectivity index (χ2n) is 5.21. The van der Waals surface area contributed by atoms with Gasteiger partial charge in [-0.1, -0.05) is 54.6 Å². The van der Waals surface area contributed by atoms with E-state index in [2.05, 4.69) is 42.5 Å². The number of hydrogen-bond acceptors (Lipinski definition) is 0. The third kappa shape index (κ3) is 1.75. The largest absolute Gasteiger partial charge is 0.207 e. The summed E-state index contributed by atoms with van der Waals surface area (Å²) in [6.45, 7) is 0. The van der Waals surface area contributed by atoms with Gasteiger partial charge in [0.2, 0.25) is 0 Å². The zero-order chi connectivity index (χ0) is 13.5. The van der Waals surface area contributed by atoms with Crippen LogP contribution in [0.4, 0.5) is 4.39 Å². The van der Waals surface area contributed by atoms with Crippen LogP contribution in [-0.4, -0.2) is 0 Å². The predicted molar refractivity (Wildman–Crippen MR) is 80.1 cm³/mol. The molecule has 96 valence electrons. The van der Waals surface area contributed by atoms with Crippen molar-refractivity contribution in [3.05, 3.63) is 83.7 Å². The minimum Gasteiger partial charge on any atom is -0.207 e. The maximum Gasteiger partial charge on any atom is 0.123 e. The van der Waals surface area contributed by atoms with Crippen LogP contribution in [0.5, 0.6) is 0 Å². The number of halogens is 1. The van der Waals surface area contributed by atoms with Crippen LogP contribution in [0, 0.1) is 5.82 Å². The molecule has 0 saturated heterocycles. The van der Waals surface area contributed by atoms with Crippen LogP contribution in [0.15, 0.2) is 66.7 Å². The van der Waals surface area contributed by atoms with Crippen LogP contribution in [0.1, 0.15) is 11.1 Å². The fourth-order valence-electron chi connectivity index (χ4n) is 2.97. The van der Waals surface area contributed by atoms with Gasteiger partial charge in [0.05, 0.1) is 0 Å². The molecule has 0 saturated carbocycles. The topological polar surface area (TPSA) is 0 Å². The van der Waals surface area contributed by atoms with Gasteiger partial charge in [0, 0.05) is 0 Å². The van der Waals surface area contributed by atoms with Gasteiger partial charge in [0.15, 0.2) is 0 Å². The predicted octanol–water partition coefficient (Wildman–Crippen LogP) is 5.06. The third-order valence-electron chi connectivity index (χ3n) is 3.97. The second-order valence-corrected chi connectivity index (χ2v) is 5.21. The van der Waals surface area contributed by atoms with E-state index in [1.54, 1.807) is 0 Å². The molecule has 1 aliphatic rings. The van der Waals surface area contributed by atoms with Gasteiger partial charge in [-0.15, -0.1) is 0 Å². The highest BCUT2D eigenvalue weighted by atomic mass is 19.1.